The van der Waals surface area contributed by atoms with E-state index in [1.54, 1.807) is 0 Å². The second-order valence-electron chi connectivity index (χ2n) is 5.01. The molecule has 2 rings (SSSR count). The van der Waals surface area contributed by atoms with Gasteiger partial charge in [-0.05, 0) is 31.9 Å². The topological polar surface area (TPSA) is 51.4 Å². The van der Waals surface area contributed by atoms with Gasteiger partial charge in [0, 0.05) is 44.2 Å². The highest BCUT2D eigenvalue weighted by Gasteiger charge is 2.23. The molecule has 0 aliphatic carbocycles. The Labute approximate surface area is 109 Å². The van der Waals surface area contributed by atoms with Crippen LogP contribution in [0.3, 0.4) is 0 Å². The van der Waals surface area contributed by atoms with Gasteiger partial charge >= 0.3 is 0 Å². The van der Waals surface area contributed by atoms with E-state index in [0.717, 1.165) is 31.8 Å². The predicted molar refractivity (Wildman–Crippen MR) is 72.4 cm³/mol. The van der Waals surface area contributed by atoms with Crippen molar-refractivity contribution in [3.8, 4) is 0 Å². The van der Waals surface area contributed by atoms with Crippen molar-refractivity contribution in [3.63, 3.8) is 0 Å². The highest BCUT2D eigenvalue weighted by Crippen LogP contribution is 2.21. The third kappa shape index (κ3) is 3.28. The van der Waals surface area contributed by atoms with Crippen molar-refractivity contribution < 1.29 is 4.74 Å². The molecular formula is C14H23N3O. The maximum atomic E-state index is 5.96. The molecule has 0 saturated carbocycles. The third-order valence-corrected chi connectivity index (χ3v) is 3.47. The summed E-state index contributed by atoms with van der Waals surface area (Å²) in [4.78, 5) is 6.79. The Morgan fingerprint density at radius 2 is 2.39 bits per heavy atom. The van der Waals surface area contributed by atoms with Crippen LogP contribution in [0.25, 0.3) is 0 Å². The summed E-state index contributed by atoms with van der Waals surface area (Å²) in [6.07, 6.45) is 3.30. The van der Waals surface area contributed by atoms with Gasteiger partial charge < -0.3 is 10.5 Å². The highest BCUT2D eigenvalue weighted by molar-refractivity contribution is 5.18. The van der Waals surface area contributed by atoms with Crippen molar-refractivity contribution in [1.82, 2.24) is 9.88 Å². The minimum absolute atomic E-state index is 0.252. The normalized spacial score (nSPS) is 23.6. The molecule has 1 fully saturated rings. The van der Waals surface area contributed by atoms with Crippen LogP contribution in [-0.2, 0) is 4.74 Å². The van der Waals surface area contributed by atoms with Gasteiger partial charge in [0.25, 0.3) is 0 Å². The highest BCUT2D eigenvalue weighted by atomic mass is 16.5. The Balaban J connectivity index is 2.13. The van der Waals surface area contributed by atoms with Crippen LogP contribution >= 0.6 is 0 Å². The van der Waals surface area contributed by atoms with Crippen LogP contribution in [0.5, 0.6) is 0 Å². The van der Waals surface area contributed by atoms with E-state index in [9.17, 15) is 0 Å². The molecule has 2 heterocycles. The zero-order valence-corrected chi connectivity index (χ0v) is 11.3. The molecule has 1 aliphatic rings. The number of ether oxygens (including phenoxy) is 1. The van der Waals surface area contributed by atoms with Gasteiger partial charge in [-0.25, -0.2) is 0 Å². The van der Waals surface area contributed by atoms with Gasteiger partial charge in [-0.3, -0.25) is 9.88 Å². The van der Waals surface area contributed by atoms with E-state index >= 15 is 0 Å². The molecule has 4 heteroatoms. The molecule has 1 aromatic heterocycles. The van der Waals surface area contributed by atoms with Crippen molar-refractivity contribution in [2.24, 2.45) is 5.73 Å². The fraction of sp³-hybridized carbons (Fsp3) is 0.643. The second kappa shape index (κ2) is 6.27. The first kappa shape index (κ1) is 13.5. The van der Waals surface area contributed by atoms with Crippen LogP contribution in [-0.4, -0.2) is 42.2 Å². The summed E-state index contributed by atoms with van der Waals surface area (Å²) in [7, 11) is 0. The summed E-state index contributed by atoms with van der Waals surface area (Å²) in [6, 6.07) is 4.44. The molecule has 18 heavy (non-hydrogen) atoms. The molecule has 0 bridgehead atoms. The molecule has 0 radical (unpaired) electrons. The van der Waals surface area contributed by atoms with Gasteiger partial charge in [-0.2, -0.15) is 0 Å². The molecule has 2 unspecified atom stereocenters. The SMILES string of the molecule is Cc1ccc(C(CN)N2CCCOC(C)C2)cn1. The van der Waals surface area contributed by atoms with Crippen molar-refractivity contribution in [3.05, 3.63) is 29.6 Å². The number of hydrogen-bond acceptors (Lipinski definition) is 4. The molecule has 1 saturated heterocycles. The molecule has 2 N–H and O–H groups in total. The van der Waals surface area contributed by atoms with Crippen molar-refractivity contribution in [2.45, 2.75) is 32.4 Å². The zero-order chi connectivity index (χ0) is 13.0. The van der Waals surface area contributed by atoms with Crippen LogP contribution in [0.15, 0.2) is 18.3 Å². The molecule has 1 aromatic rings. The number of rotatable bonds is 3. The van der Waals surface area contributed by atoms with E-state index in [-0.39, 0.29) is 12.1 Å². The number of pyridine rings is 1. The summed E-state index contributed by atoms with van der Waals surface area (Å²) < 4.78 is 5.68. The van der Waals surface area contributed by atoms with E-state index in [1.165, 1.54) is 5.56 Å². The number of nitrogens with zero attached hydrogens (tertiary/aromatic N) is 2. The molecule has 0 aromatic carbocycles. The lowest BCUT2D eigenvalue weighted by molar-refractivity contribution is 0.0611. The van der Waals surface area contributed by atoms with Crippen molar-refractivity contribution >= 4 is 0 Å². The maximum absolute atomic E-state index is 5.96. The summed E-state index contributed by atoms with van der Waals surface area (Å²) in [5.74, 6) is 0. The van der Waals surface area contributed by atoms with Gasteiger partial charge in [0.05, 0.1) is 6.10 Å². The van der Waals surface area contributed by atoms with Gasteiger partial charge in [-0.15, -0.1) is 0 Å². The van der Waals surface area contributed by atoms with Crippen molar-refractivity contribution in [2.75, 3.05) is 26.2 Å². The fourth-order valence-corrected chi connectivity index (χ4v) is 2.48. The third-order valence-electron chi connectivity index (χ3n) is 3.47. The summed E-state index contributed by atoms with van der Waals surface area (Å²) in [5.41, 5.74) is 8.21. The lowest BCUT2D eigenvalue weighted by Crippen LogP contribution is -2.37. The Morgan fingerprint density at radius 1 is 1.56 bits per heavy atom. The Bertz CT molecular complexity index is 366. The smallest absolute Gasteiger partial charge is 0.0674 e. The van der Waals surface area contributed by atoms with Crippen LogP contribution in [0.4, 0.5) is 0 Å². The van der Waals surface area contributed by atoms with Gasteiger partial charge in [0.2, 0.25) is 0 Å². The molecule has 4 nitrogen and oxygen atoms in total. The van der Waals surface area contributed by atoms with Crippen LogP contribution in [0, 0.1) is 6.92 Å². The Kier molecular flexibility index (Phi) is 4.69. The first-order chi connectivity index (χ1) is 8.70. The molecular weight excluding hydrogens is 226 g/mol. The molecule has 2 atom stereocenters. The maximum Gasteiger partial charge on any atom is 0.0674 e. The molecule has 100 valence electrons. The fourth-order valence-electron chi connectivity index (χ4n) is 2.48. The second-order valence-corrected chi connectivity index (χ2v) is 5.01. The molecule has 0 amide bonds. The van der Waals surface area contributed by atoms with E-state index in [0.29, 0.717) is 6.54 Å². The largest absolute Gasteiger partial charge is 0.377 e. The van der Waals surface area contributed by atoms with E-state index in [2.05, 4.69) is 28.9 Å². The van der Waals surface area contributed by atoms with E-state index in [1.807, 2.05) is 13.1 Å². The minimum Gasteiger partial charge on any atom is -0.377 e. The van der Waals surface area contributed by atoms with Crippen LogP contribution in [0.2, 0.25) is 0 Å². The lowest BCUT2D eigenvalue weighted by atomic mass is 10.1. The quantitative estimate of drug-likeness (QED) is 0.882. The summed E-state index contributed by atoms with van der Waals surface area (Å²) >= 11 is 0. The summed E-state index contributed by atoms with van der Waals surface area (Å²) in [6.45, 7) is 7.58. The van der Waals surface area contributed by atoms with Gasteiger partial charge in [0.1, 0.15) is 0 Å². The summed E-state index contributed by atoms with van der Waals surface area (Å²) in [5, 5.41) is 0. The first-order valence-corrected chi connectivity index (χ1v) is 6.69. The van der Waals surface area contributed by atoms with Gasteiger partial charge in [-0.1, -0.05) is 6.07 Å². The average Bonchev–Trinajstić information content (AvgIpc) is 2.57. The Morgan fingerprint density at radius 3 is 3.06 bits per heavy atom. The minimum atomic E-state index is 0.252. The lowest BCUT2D eigenvalue weighted by Gasteiger charge is -2.30. The van der Waals surface area contributed by atoms with E-state index in [4.69, 9.17) is 10.5 Å². The Hall–Kier alpha value is -0.970. The molecule has 0 spiro atoms. The number of nitrogens with two attached hydrogens (primary N) is 1. The molecule has 1 aliphatic heterocycles. The van der Waals surface area contributed by atoms with Gasteiger partial charge in [0.15, 0.2) is 0 Å². The number of hydrogen-bond donors (Lipinski definition) is 1. The van der Waals surface area contributed by atoms with Crippen LogP contribution in [0.1, 0.15) is 30.6 Å². The number of aromatic nitrogens is 1. The number of aryl methyl sites for hydroxylation is 1. The predicted octanol–water partition coefficient (Wildman–Crippen LogP) is 1.50. The van der Waals surface area contributed by atoms with E-state index < -0.39 is 0 Å². The zero-order valence-electron chi connectivity index (χ0n) is 11.3. The first-order valence-electron chi connectivity index (χ1n) is 6.69. The van der Waals surface area contributed by atoms with Crippen LogP contribution < -0.4 is 5.73 Å². The average molecular weight is 249 g/mol. The monoisotopic (exact) mass is 249 g/mol. The van der Waals surface area contributed by atoms with Crippen molar-refractivity contribution in [1.29, 1.82) is 0 Å². The standard InChI is InChI=1S/C14H23N3O/c1-11-4-5-13(9-16-11)14(8-15)17-6-3-7-18-12(2)10-17/h4-5,9,12,14H,3,6-8,10,15H2,1-2H3.